The van der Waals surface area contributed by atoms with Gasteiger partial charge in [0.2, 0.25) is 5.91 Å². The summed E-state index contributed by atoms with van der Waals surface area (Å²) in [6.45, 7) is 1.82. The number of rotatable bonds is 3. The zero-order valence-electron chi connectivity index (χ0n) is 11.7. The van der Waals surface area contributed by atoms with Gasteiger partial charge in [0, 0.05) is 24.5 Å². The minimum Gasteiger partial charge on any atom is -0.342 e. The third-order valence-corrected chi connectivity index (χ3v) is 4.47. The first kappa shape index (κ1) is 13.7. The van der Waals surface area contributed by atoms with Crippen LogP contribution in [0.2, 0.25) is 5.02 Å². The zero-order chi connectivity index (χ0) is 13.9. The summed E-state index contributed by atoms with van der Waals surface area (Å²) in [6, 6.07) is 7.78. The van der Waals surface area contributed by atoms with Crippen LogP contribution in [0.5, 0.6) is 0 Å². The summed E-state index contributed by atoms with van der Waals surface area (Å²) in [5.74, 6) is 0.282. The van der Waals surface area contributed by atoms with Crippen LogP contribution in [0.4, 0.5) is 0 Å². The maximum atomic E-state index is 12.2. The molecule has 1 saturated heterocycles. The lowest BCUT2D eigenvalue weighted by Crippen LogP contribution is -2.36. The third kappa shape index (κ3) is 3.43. The number of halogens is 1. The Bertz CT molecular complexity index is 534. The van der Waals surface area contributed by atoms with Crippen LogP contribution in [0.3, 0.4) is 0 Å². The van der Waals surface area contributed by atoms with E-state index < -0.39 is 0 Å². The molecule has 2 aliphatic rings. The van der Waals surface area contributed by atoms with Crippen LogP contribution in [0.15, 0.2) is 35.4 Å². The quantitative estimate of drug-likeness (QED) is 0.771. The van der Waals surface area contributed by atoms with Crippen molar-refractivity contribution in [2.75, 3.05) is 13.1 Å². The molecule has 1 aliphatic carbocycles. The molecule has 0 radical (unpaired) electrons. The number of piperidine rings is 1. The summed E-state index contributed by atoms with van der Waals surface area (Å²) in [5, 5.41) is 0.744. The molecule has 1 aliphatic heterocycles. The van der Waals surface area contributed by atoms with E-state index in [-0.39, 0.29) is 5.91 Å². The molecule has 1 heterocycles. The van der Waals surface area contributed by atoms with Gasteiger partial charge in [-0.15, -0.1) is 0 Å². The van der Waals surface area contributed by atoms with E-state index in [9.17, 15) is 4.79 Å². The Morgan fingerprint density at radius 2 is 1.80 bits per heavy atom. The fourth-order valence-electron chi connectivity index (χ4n) is 2.90. The first-order valence-electron chi connectivity index (χ1n) is 7.44. The fourth-order valence-corrected chi connectivity index (χ4v) is 3.11. The van der Waals surface area contributed by atoms with E-state index in [4.69, 9.17) is 11.6 Å². The first-order valence-corrected chi connectivity index (χ1v) is 7.82. The second-order valence-corrected chi connectivity index (χ2v) is 6.15. The SMILES string of the molecule is O=C(CCc1cccc(Cl)c1)N1CCC(=C2CC2)CC1. The van der Waals surface area contributed by atoms with Crippen LogP contribution in [-0.4, -0.2) is 23.9 Å². The van der Waals surface area contributed by atoms with Crippen molar-refractivity contribution in [2.24, 2.45) is 0 Å². The van der Waals surface area contributed by atoms with Gasteiger partial charge in [-0.05, 0) is 49.8 Å². The van der Waals surface area contributed by atoms with Gasteiger partial charge >= 0.3 is 0 Å². The number of hydrogen-bond acceptors (Lipinski definition) is 1. The van der Waals surface area contributed by atoms with Gasteiger partial charge in [0.05, 0.1) is 0 Å². The number of aryl methyl sites for hydroxylation is 1. The number of amides is 1. The molecule has 1 aromatic rings. The molecule has 0 N–H and O–H groups in total. The van der Waals surface area contributed by atoms with Crippen molar-refractivity contribution in [1.82, 2.24) is 4.90 Å². The molecule has 106 valence electrons. The largest absolute Gasteiger partial charge is 0.342 e. The molecule has 0 bridgehead atoms. The molecule has 3 rings (SSSR count). The Balaban J connectivity index is 1.49. The van der Waals surface area contributed by atoms with E-state index in [1.54, 1.807) is 11.1 Å². The predicted octanol–water partition coefficient (Wildman–Crippen LogP) is 3.99. The van der Waals surface area contributed by atoms with Crippen molar-refractivity contribution in [3.63, 3.8) is 0 Å². The van der Waals surface area contributed by atoms with Gasteiger partial charge in [-0.1, -0.05) is 34.9 Å². The highest BCUT2D eigenvalue weighted by molar-refractivity contribution is 6.30. The highest BCUT2D eigenvalue weighted by Gasteiger charge is 2.24. The van der Waals surface area contributed by atoms with Crippen molar-refractivity contribution in [3.8, 4) is 0 Å². The number of carbonyl (C=O) groups excluding carboxylic acids is 1. The van der Waals surface area contributed by atoms with Crippen molar-refractivity contribution in [2.45, 2.75) is 38.5 Å². The van der Waals surface area contributed by atoms with Crippen molar-refractivity contribution in [3.05, 3.63) is 46.0 Å². The van der Waals surface area contributed by atoms with Crippen molar-refractivity contribution >= 4 is 17.5 Å². The summed E-state index contributed by atoms with van der Waals surface area (Å²) < 4.78 is 0. The Hall–Kier alpha value is -1.28. The van der Waals surface area contributed by atoms with Crippen LogP contribution in [0.25, 0.3) is 0 Å². The van der Waals surface area contributed by atoms with Gasteiger partial charge in [-0.2, -0.15) is 0 Å². The number of benzene rings is 1. The Morgan fingerprint density at radius 1 is 1.10 bits per heavy atom. The van der Waals surface area contributed by atoms with Gasteiger partial charge in [0.15, 0.2) is 0 Å². The second-order valence-electron chi connectivity index (χ2n) is 5.72. The smallest absolute Gasteiger partial charge is 0.222 e. The maximum absolute atomic E-state index is 12.2. The van der Waals surface area contributed by atoms with Crippen LogP contribution in [0.1, 0.15) is 37.7 Å². The fraction of sp³-hybridized carbons (Fsp3) is 0.471. The van der Waals surface area contributed by atoms with Crippen LogP contribution >= 0.6 is 11.6 Å². The monoisotopic (exact) mass is 289 g/mol. The van der Waals surface area contributed by atoms with Gasteiger partial charge in [0.1, 0.15) is 0 Å². The summed E-state index contributed by atoms with van der Waals surface area (Å²) >= 11 is 5.96. The van der Waals surface area contributed by atoms with Gasteiger partial charge in [-0.3, -0.25) is 4.79 Å². The van der Waals surface area contributed by atoms with Crippen molar-refractivity contribution < 1.29 is 4.79 Å². The van der Waals surface area contributed by atoms with E-state index >= 15 is 0 Å². The molecule has 0 atom stereocenters. The Labute approximate surface area is 125 Å². The zero-order valence-corrected chi connectivity index (χ0v) is 12.5. The molecule has 1 amide bonds. The van der Waals surface area contributed by atoms with E-state index in [0.717, 1.165) is 42.9 Å². The van der Waals surface area contributed by atoms with E-state index in [0.29, 0.717) is 6.42 Å². The van der Waals surface area contributed by atoms with Gasteiger partial charge in [-0.25, -0.2) is 0 Å². The van der Waals surface area contributed by atoms with Crippen LogP contribution in [-0.2, 0) is 11.2 Å². The molecular weight excluding hydrogens is 270 g/mol. The molecule has 0 spiro atoms. The molecule has 3 heteroatoms. The number of likely N-dealkylation sites (tertiary alicyclic amines) is 1. The predicted molar refractivity (Wildman–Crippen MR) is 81.8 cm³/mol. The van der Waals surface area contributed by atoms with E-state index in [2.05, 4.69) is 0 Å². The Kier molecular flexibility index (Phi) is 4.11. The topological polar surface area (TPSA) is 20.3 Å². The van der Waals surface area contributed by atoms with Crippen LogP contribution in [0, 0.1) is 0 Å². The molecule has 20 heavy (non-hydrogen) atoms. The summed E-state index contributed by atoms with van der Waals surface area (Å²) in [5.41, 5.74) is 4.43. The molecule has 0 unspecified atom stereocenters. The molecule has 1 aromatic carbocycles. The van der Waals surface area contributed by atoms with Gasteiger partial charge < -0.3 is 4.90 Å². The molecule has 0 aromatic heterocycles. The number of nitrogens with zero attached hydrogens (tertiary/aromatic N) is 1. The minimum absolute atomic E-state index is 0.282. The lowest BCUT2D eigenvalue weighted by atomic mass is 10.0. The number of carbonyl (C=O) groups is 1. The standard InChI is InChI=1S/C17H20ClNO/c18-16-3-1-2-13(12-16)4-7-17(20)19-10-8-15(9-11-19)14-5-6-14/h1-3,12H,4-11H2. The van der Waals surface area contributed by atoms with E-state index in [1.807, 2.05) is 29.2 Å². The average Bonchev–Trinajstić information content (AvgIpc) is 3.30. The average molecular weight is 290 g/mol. The van der Waals surface area contributed by atoms with E-state index in [1.165, 1.54) is 12.8 Å². The number of allylic oxidation sites excluding steroid dienone is 1. The minimum atomic E-state index is 0.282. The highest BCUT2D eigenvalue weighted by atomic mass is 35.5. The first-order chi connectivity index (χ1) is 9.72. The second kappa shape index (κ2) is 6.01. The van der Waals surface area contributed by atoms with Crippen molar-refractivity contribution in [1.29, 1.82) is 0 Å². The lowest BCUT2D eigenvalue weighted by molar-refractivity contribution is -0.131. The summed E-state index contributed by atoms with van der Waals surface area (Å²) in [7, 11) is 0. The highest BCUT2D eigenvalue weighted by Crippen LogP contribution is 2.36. The van der Waals surface area contributed by atoms with Crippen LogP contribution < -0.4 is 0 Å². The maximum Gasteiger partial charge on any atom is 0.222 e. The molecular formula is C17H20ClNO. The lowest BCUT2D eigenvalue weighted by Gasteiger charge is -2.28. The summed E-state index contributed by atoms with van der Waals surface area (Å²) in [6.07, 6.45) is 6.17. The number of hydrogen-bond donors (Lipinski definition) is 0. The normalized spacial score (nSPS) is 18.4. The summed E-state index contributed by atoms with van der Waals surface area (Å²) in [4.78, 5) is 14.3. The molecule has 2 fully saturated rings. The third-order valence-electron chi connectivity index (χ3n) is 4.24. The Morgan fingerprint density at radius 3 is 2.45 bits per heavy atom. The molecule has 2 nitrogen and oxygen atoms in total. The van der Waals surface area contributed by atoms with Gasteiger partial charge in [0.25, 0.3) is 0 Å². The molecule has 1 saturated carbocycles.